The van der Waals surface area contributed by atoms with Crippen LogP contribution in [0.3, 0.4) is 0 Å². The van der Waals surface area contributed by atoms with Crippen molar-refractivity contribution in [2.45, 2.75) is 32.9 Å². The maximum atomic E-state index is 5.40. The standard InChI is InChI=1S/C14H21N7/c1-14(2,3)20-12-17-11(18-13(19-12)21-15)16-9-10-7-5-4-6-8-10/h4-8H,9,15H2,1-3H3,(H3,16,17,18,19,20,21). The van der Waals surface area contributed by atoms with Crippen molar-refractivity contribution < 1.29 is 0 Å². The van der Waals surface area contributed by atoms with Gasteiger partial charge in [-0.1, -0.05) is 30.3 Å². The minimum Gasteiger partial charge on any atom is -0.350 e. The summed E-state index contributed by atoms with van der Waals surface area (Å²) in [6, 6.07) is 10.0. The fourth-order valence-corrected chi connectivity index (χ4v) is 1.69. The molecule has 0 fully saturated rings. The smallest absolute Gasteiger partial charge is 0.243 e. The predicted molar refractivity (Wildman–Crippen MR) is 84.8 cm³/mol. The number of hydrogen-bond donors (Lipinski definition) is 4. The van der Waals surface area contributed by atoms with Gasteiger partial charge in [-0.2, -0.15) is 15.0 Å². The largest absolute Gasteiger partial charge is 0.350 e. The Morgan fingerprint density at radius 3 is 2.19 bits per heavy atom. The zero-order valence-corrected chi connectivity index (χ0v) is 12.5. The first-order chi connectivity index (χ1) is 9.96. The summed E-state index contributed by atoms with van der Waals surface area (Å²) in [6.07, 6.45) is 0. The lowest BCUT2D eigenvalue weighted by Gasteiger charge is -2.20. The van der Waals surface area contributed by atoms with Crippen LogP contribution in [0.15, 0.2) is 30.3 Å². The molecule has 0 saturated carbocycles. The van der Waals surface area contributed by atoms with Crippen molar-refractivity contribution in [1.82, 2.24) is 15.0 Å². The van der Waals surface area contributed by atoms with Gasteiger partial charge in [0.15, 0.2) is 0 Å². The van der Waals surface area contributed by atoms with Gasteiger partial charge in [0.1, 0.15) is 0 Å². The number of anilines is 3. The first kappa shape index (κ1) is 15.0. The van der Waals surface area contributed by atoms with Crippen molar-refractivity contribution in [1.29, 1.82) is 0 Å². The number of aromatic nitrogens is 3. The highest BCUT2D eigenvalue weighted by atomic mass is 15.4. The minimum absolute atomic E-state index is 0.149. The van der Waals surface area contributed by atoms with Gasteiger partial charge >= 0.3 is 0 Å². The molecule has 0 radical (unpaired) electrons. The van der Waals surface area contributed by atoms with Gasteiger partial charge in [-0.3, -0.25) is 5.43 Å². The Morgan fingerprint density at radius 2 is 1.57 bits per heavy atom. The molecule has 2 aromatic rings. The number of rotatable bonds is 5. The molecule has 1 aromatic carbocycles. The number of nitrogens with two attached hydrogens (primary N) is 1. The molecule has 1 aromatic heterocycles. The highest BCUT2D eigenvalue weighted by Gasteiger charge is 2.13. The second-order valence-electron chi connectivity index (χ2n) is 5.66. The second-order valence-corrected chi connectivity index (χ2v) is 5.66. The molecule has 0 unspecified atom stereocenters. The van der Waals surface area contributed by atoms with Gasteiger partial charge in [0.05, 0.1) is 0 Å². The SMILES string of the molecule is CC(C)(C)Nc1nc(NN)nc(NCc2ccccc2)n1. The summed E-state index contributed by atoms with van der Waals surface area (Å²) in [7, 11) is 0. The molecule has 7 nitrogen and oxygen atoms in total. The first-order valence-electron chi connectivity index (χ1n) is 6.75. The third-order valence-corrected chi connectivity index (χ3v) is 2.54. The third-order valence-electron chi connectivity index (χ3n) is 2.54. The van der Waals surface area contributed by atoms with E-state index in [1.54, 1.807) is 0 Å². The number of nitrogens with one attached hydrogen (secondary N) is 3. The van der Waals surface area contributed by atoms with Crippen molar-refractivity contribution >= 4 is 17.8 Å². The van der Waals surface area contributed by atoms with Crippen LogP contribution < -0.4 is 21.9 Å². The molecule has 0 spiro atoms. The lowest BCUT2D eigenvalue weighted by Crippen LogP contribution is -2.28. The van der Waals surface area contributed by atoms with Crippen molar-refractivity contribution in [3.05, 3.63) is 35.9 Å². The van der Waals surface area contributed by atoms with Gasteiger partial charge in [-0.25, -0.2) is 5.84 Å². The molecule has 0 amide bonds. The Balaban J connectivity index is 2.13. The molecule has 5 N–H and O–H groups in total. The lowest BCUT2D eigenvalue weighted by atomic mass is 10.1. The molecular weight excluding hydrogens is 266 g/mol. The molecule has 0 atom stereocenters. The zero-order chi connectivity index (χ0) is 15.3. The van der Waals surface area contributed by atoms with Crippen molar-refractivity contribution in [2.24, 2.45) is 5.84 Å². The fourth-order valence-electron chi connectivity index (χ4n) is 1.69. The van der Waals surface area contributed by atoms with Crippen LogP contribution in [-0.4, -0.2) is 20.5 Å². The van der Waals surface area contributed by atoms with E-state index in [-0.39, 0.29) is 5.54 Å². The van der Waals surface area contributed by atoms with E-state index in [1.165, 1.54) is 0 Å². The third kappa shape index (κ3) is 4.88. The van der Waals surface area contributed by atoms with E-state index in [0.717, 1.165) is 5.56 Å². The zero-order valence-electron chi connectivity index (χ0n) is 12.5. The molecule has 0 saturated heterocycles. The van der Waals surface area contributed by atoms with Gasteiger partial charge in [-0.05, 0) is 26.3 Å². The molecule has 7 heteroatoms. The predicted octanol–water partition coefficient (Wildman–Crippen LogP) is 1.98. The lowest BCUT2D eigenvalue weighted by molar-refractivity contribution is 0.625. The second kappa shape index (κ2) is 6.36. The monoisotopic (exact) mass is 287 g/mol. The van der Waals surface area contributed by atoms with E-state index in [2.05, 4.69) is 31.0 Å². The van der Waals surface area contributed by atoms with E-state index in [0.29, 0.717) is 24.4 Å². The summed E-state index contributed by atoms with van der Waals surface area (Å²) >= 11 is 0. The maximum Gasteiger partial charge on any atom is 0.243 e. The van der Waals surface area contributed by atoms with E-state index < -0.39 is 0 Å². The summed E-state index contributed by atoms with van der Waals surface area (Å²) in [5.74, 6) is 6.65. The molecule has 0 aliphatic carbocycles. The van der Waals surface area contributed by atoms with Crippen LogP contribution in [0.2, 0.25) is 0 Å². The van der Waals surface area contributed by atoms with Crippen LogP contribution in [0, 0.1) is 0 Å². The number of benzene rings is 1. The quantitative estimate of drug-likeness (QED) is 0.492. The van der Waals surface area contributed by atoms with Crippen molar-refractivity contribution in [2.75, 3.05) is 16.1 Å². The highest BCUT2D eigenvalue weighted by molar-refractivity contribution is 5.43. The highest BCUT2D eigenvalue weighted by Crippen LogP contribution is 2.14. The normalized spacial score (nSPS) is 11.0. The summed E-state index contributed by atoms with van der Waals surface area (Å²) < 4.78 is 0. The van der Waals surface area contributed by atoms with E-state index in [1.807, 2.05) is 51.1 Å². The molecule has 2 rings (SSSR count). The molecular formula is C14H21N7. The van der Waals surface area contributed by atoms with Crippen LogP contribution in [0.5, 0.6) is 0 Å². The average Bonchev–Trinajstić information content (AvgIpc) is 2.44. The van der Waals surface area contributed by atoms with Crippen LogP contribution in [-0.2, 0) is 6.54 Å². The van der Waals surface area contributed by atoms with Crippen LogP contribution in [0.1, 0.15) is 26.3 Å². The van der Waals surface area contributed by atoms with Gasteiger partial charge in [0.2, 0.25) is 17.8 Å². The van der Waals surface area contributed by atoms with Crippen LogP contribution >= 0.6 is 0 Å². The average molecular weight is 287 g/mol. The van der Waals surface area contributed by atoms with Gasteiger partial charge in [-0.15, -0.1) is 0 Å². The molecule has 0 bridgehead atoms. The fraction of sp³-hybridized carbons (Fsp3) is 0.357. The Labute approximate surface area is 124 Å². The molecule has 1 heterocycles. The van der Waals surface area contributed by atoms with Crippen LogP contribution in [0.4, 0.5) is 17.8 Å². The Hall–Kier alpha value is -2.41. The number of nitrogen functional groups attached to an aromatic ring is 1. The van der Waals surface area contributed by atoms with E-state index in [4.69, 9.17) is 5.84 Å². The van der Waals surface area contributed by atoms with E-state index >= 15 is 0 Å². The van der Waals surface area contributed by atoms with Crippen molar-refractivity contribution in [3.63, 3.8) is 0 Å². The molecule has 0 aliphatic heterocycles. The van der Waals surface area contributed by atoms with E-state index in [9.17, 15) is 0 Å². The van der Waals surface area contributed by atoms with Crippen molar-refractivity contribution in [3.8, 4) is 0 Å². The van der Waals surface area contributed by atoms with Gasteiger partial charge in [0.25, 0.3) is 0 Å². The van der Waals surface area contributed by atoms with Crippen LogP contribution in [0.25, 0.3) is 0 Å². The number of nitrogens with zero attached hydrogens (tertiary/aromatic N) is 3. The summed E-state index contributed by atoms with van der Waals surface area (Å²) in [6.45, 7) is 6.72. The maximum absolute atomic E-state index is 5.40. The topological polar surface area (TPSA) is 101 Å². The summed E-state index contributed by atoms with van der Waals surface area (Å²) in [5.41, 5.74) is 3.44. The number of hydrazine groups is 1. The molecule has 0 aliphatic rings. The molecule has 21 heavy (non-hydrogen) atoms. The first-order valence-corrected chi connectivity index (χ1v) is 6.75. The number of hydrogen-bond acceptors (Lipinski definition) is 7. The van der Waals surface area contributed by atoms with Gasteiger partial charge < -0.3 is 10.6 Å². The summed E-state index contributed by atoms with van der Waals surface area (Å²) in [4.78, 5) is 12.7. The Kier molecular flexibility index (Phi) is 4.54. The Bertz CT molecular complexity index is 578. The minimum atomic E-state index is -0.149. The Morgan fingerprint density at radius 1 is 0.952 bits per heavy atom. The summed E-state index contributed by atoms with van der Waals surface area (Å²) in [5, 5.41) is 6.36. The molecule has 112 valence electrons. The van der Waals surface area contributed by atoms with Gasteiger partial charge in [0, 0.05) is 12.1 Å².